The number of aliphatic imine (C=N–C) groups is 1. The van der Waals surface area contributed by atoms with Crippen LogP contribution < -0.4 is 10.2 Å². The van der Waals surface area contributed by atoms with Gasteiger partial charge in [0.1, 0.15) is 0 Å². The van der Waals surface area contributed by atoms with Crippen molar-refractivity contribution >= 4 is 11.6 Å². The Kier molecular flexibility index (Phi) is 6.31. The molecular weight excluding hydrogens is 272 g/mol. The van der Waals surface area contributed by atoms with Crippen LogP contribution in [-0.2, 0) is 6.54 Å². The number of benzene rings is 1. The van der Waals surface area contributed by atoms with Crippen LogP contribution >= 0.6 is 0 Å². The zero-order valence-corrected chi connectivity index (χ0v) is 14.0. The standard InChI is InChI=1S/C18H28N4/c1-4-5-11-21(3)18(19-2)20-15-16-9-8-10-17(14-16)22-12-6-7-13-22/h6-10,14H,4-5,11-13,15H2,1-3H3,(H,19,20). The summed E-state index contributed by atoms with van der Waals surface area (Å²) in [5, 5.41) is 3.45. The molecule has 1 aliphatic heterocycles. The summed E-state index contributed by atoms with van der Waals surface area (Å²) in [6, 6.07) is 8.74. The van der Waals surface area contributed by atoms with Gasteiger partial charge in [0.15, 0.2) is 5.96 Å². The van der Waals surface area contributed by atoms with E-state index in [4.69, 9.17) is 0 Å². The second kappa shape index (κ2) is 8.47. The molecule has 4 nitrogen and oxygen atoms in total. The molecule has 0 unspecified atom stereocenters. The van der Waals surface area contributed by atoms with E-state index in [1.807, 2.05) is 7.05 Å². The van der Waals surface area contributed by atoms with E-state index in [9.17, 15) is 0 Å². The highest BCUT2D eigenvalue weighted by Gasteiger charge is 2.09. The second-order valence-electron chi connectivity index (χ2n) is 5.72. The van der Waals surface area contributed by atoms with E-state index in [1.165, 1.54) is 24.1 Å². The highest BCUT2D eigenvalue weighted by atomic mass is 15.3. The Morgan fingerprint density at radius 2 is 2.09 bits per heavy atom. The molecule has 0 saturated carbocycles. The van der Waals surface area contributed by atoms with Crippen LogP contribution in [0, 0.1) is 0 Å². The first-order valence-corrected chi connectivity index (χ1v) is 8.15. The van der Waals surface area contributed by atoms with Gasteiger partial charge in [-0.2, -0.15) is 0 Å². The largest absolute Gasteiger partial charge is 0.364 e. The molecule has 0 amide bonds. The molecule has 0 bridgehead atoms. The Balaban J connectivity index is 1.91. The van der Waals surface area contributed by atoms with E-state index in [0.717, 1.165) is 32.1 Å². The van der Waals surface area contributed by atoms with Gasteiger partial charge >= 0.3 is 0 Å². The summed E-state index contributed by atoms with van der Waals surface area (Å²) in [6.07, 6.45) is 6.83. The summed E-state index contributed by atoms with van der Waals surface area (Å²) < 4.78 is 0. The fourth-order valence-electron chi connectivity index (χ4n) is 2.62. The molecule has 1 heterocycles. The number of hydrogen-bond donors (Lipinski definition) is 1. The van der Waals surface area contributed by atoms with Gasteiger partial charge in [0.2, 0.25) is 0 Å². The van der Waals surface area contributed by atoms with E-state index in [-0.39, 0.29) is 0 Å². The van der Waals surface area contributed by atoms with Gasteiger partial charge < -0.3 is 15.1 Å². The van der Waals surface area contributed by atoms with Crippen LogP contribution in [0.1, 0.15) is 25.3 Å². The Labute approximate surface area is 134 Å². The number of guanidine groups is 1. The molecule has 0 atom stereocenters. The van der Waals surface area contributed by atoms with Gasteiger partial charge in [-0.1, -0.05) is 37.6 Å². The zero-order valence-electron chi connectivity index (χ0n) is 14.0. The number of rotatable bonds is 6. The maximum Gasteiger partial charge on any atom is 0.193 e. The summed E-state index contributed by atoms with van der Waals surface area (Å²) in [4.78, 5) is 8.93. The molecular formula is C18H28N4. The fourth-order valence-corrected chi connectivity index (χ4v) is 2.62. The second-order valence-corrected chi connectivity index (χ2v) is 5.72. The van der Waals surface area contributed by atoms with E-state index in [0.29, 0.717) is 0 Å². The molecule has 4 heteroatoms. The van der Waals surface area contributed by atoms with Crippen molar-refractivity contribution in [2.24, 2.45) is 4.99 Å². The van der Waals surface area contributed by atoms with Crippen LogP contribution in [0.4, 0.5) is 5.69 Å². The summed E-state index contributed by atoms with van der Waals surface area (Å²) >= 11 is 0. The molecule has 0 radical (unpaired) electrons. The molecule has 1 aliphatic rings. The van der Waals surface area contributed by atoms with Gasteiger partial charge in [-0.3, -0.25) is 4.99 Å². The number of unbranched alkanes of at least 4 members (excludes halogenated alkanes) is 1. The van der Waals surface area contributed by atoms with Crippen molar-refractivity contribution in [3.8, 4) is 0 Å². The van der Waals surface area contributed by atoms with Crippen molar-refractivity contribution in [1.82, 2.24) is 10.2 Å². The lowest BCUT2D eigenvalue weighted by Gasteiger charge is -2.22. The van der Waals surface area contributed by atoms with Gasteiger partial charge in [0.25, 0.3) is 0 Å². The number of nitrogens with one attached hydrogen (secondary N) is 1. The summed E-state index contributed by atoms with van der Waals surface area (Å²) in [7, 11) is 3.94. The molecule has 0 spiro atoms. The third-order valence-electron chi connectivity index (χ3n) is 3.97. The van der Waals surface area contributed by atoms with Gasteiger partial charge in [-0.25, -0.2) is 0 Å². The van der Waals surface area contributed by atoms with E-state index in [1.54, 1.807) is 0 Å². The first-order valence-electron chi connectivity index (χ1n) is 8.15. The van der Waals surface area contributed by atoms with Crippen molar-refractivity contribution in [3.05, 3.63) is 42.0 Å². The third-order valence-corrected chi connectivity index (χ3v) is 3.97. The van der Waals surface area contributed by atoms with Crippen molar-refractivity contribution in [2.75, 3.05) is 38.6 Å². The molecule has 120 valence electrons. The Morgan fingerprint density at radius 1 is 1.32 bits per heavy atom. The Hall–Kier alpha value is -1.97. The number of anilines is 1. The highest BCUT2D eigenvalue weighted by molar-refractivity contribution is 5.79. The smallest absolute Gasteiger partial charge is 0.193 e. The summed E-state index contributed by atoms with van der Waals surface area (Å²) in [6.45, 7) is 6.08. The van der Waals surface area contributed by atoms with E-state index < -0.39 is 0 Å². The minimum absolute atomic E-state index is 0.804. The molecule has 1 aromatic rings. The molecule has 22 heavy (non-hydrogen) atoms. The van der Waals surface area contributed by atoms with Crippen molar-refractivity contribution in [3.63, 3.8) is 0 Å². The van der Waals surface area contributed by atoms with Crippen LogP contribution in [0.15, 0.2) is 41.4 Å². The van der Waals surface area contributed by atoms with Gasteiger partial charge in [-0.05, 0) is 24.1 Å². The zero-order chi connectivity index (χ0) is 15.8. The topological polar surface area (TPSA) is 30.9 Å². The third kappa shape index (κ3) is 4.52. The lowest BCUT2D eigenvalue weighted by Crippen LogP contribution is -2.39. The minimum atomic E-state index is 0.804. The van der Waals surface area contributed by atoms with Crippen molar-refractivity contribution in [2.45, 2.75) is 26.3 Å². The van der Waals surface area contributed by atoms with Crippen LogP contribution in [0.3, 0.4) is 0 Å². The predicted molar refractivity (Wildman–Crippen MR) is 95.5 cm³/mol. The number of hydrogen-bond acceptors (Lipinski definition) is 2. The van der Waals surface area contributed by atoms with Crippen LogP contribution in [0.25, 0.3) is 0 Å². The normalized spacial score (nSPS) is 14.5. The van der Waals surface area contributed by atoms with E-state index >= 15 is 0 Å². The monoisotopic (exact) mass is 300 g/mol. The van der Waals surface area contributed by atoms with Crippen LogP contribution in [0.2, 0.25) is 0 Å². The molecule has 0 aliphatic carbocycles. The quantitative estimate of drug-likeness (QED) is 0.498. The molecule has 1 N–H and O–H groups in total. The predicted octanol–water partition coefficient (Wildman–Crippen LogP) is 2.87. The van der Waals surface area contributed by atoms with Crippen molar-refractivity contribution in [1.29, 1.82) is 0 Å². The molecule has 0 saturated heterocycles. The SMILES string of the molecule is CCCCN(C)C(=NC)NCc1cccc(N2CC=CC2)c1. The van der Waals surface area contributed by atoms with Gasteiger partial charge in [-0.15, -0.1) is 0 Å². The van der Waals surface area contributed by atoms with Gasteiger partial charge in [0.05, 0.1) is 0 Å². The molecule has 1 aromatic carbocycles. The first-order chi connectivity index (χ1) is 10.7. The average molecular weight is 300 g/mol. The maximum atomic E-state index is 4.37. The lowest BCUT2D eigenvalue weighted by molar-refractivity contribution is 0.464. The summed E-state index contributed by atoms with van der Waals surface area (Å²) in [5.74, 6) is 0.960. The molecule has 0 fully saturated rings. The molecule has 2 rings (SSSR count). The van der Waals surface area contributed by atoms with E-state index in [2.05, 4.69) is 70.5 Å². The van der Waals surface area contributed by atoms with Crippen LogP contribution in [-0.4, -0.2) is 44.6 Å². The highest BCUT2D eigenvalue weighted by Crippen LogP contribution is 2.18. The lowest BCUT2D eigenvalue weighted by atomic mass is 10.2. The summed E-state index contributed by atoms with van der Waals surface area (Å²) in [5.41, 5.74) is 2.58. The van der Waals surface area contributed by atoms with Crippen molar-refractivity contribution < 1.29 is 0 Å². The molecule has 0 aromatic heterocycles. The fraction of sp³-hybridized carbons (Fsp3) is 0.500. The Morgan fingerprint density at radius 3 is 2.77 bits per heavy atom. The maximum absolute atomic E-state index is 4.37. The van der Waals surface area contributed by atoms with Crippen LogP contribution in [0.5, 0.6) is 0 Å². The number of nitrogens with zero attached hydrogens (tertiary/aromatic N) is 3. The Bertz CT molecular complexity index is 514. The van der Waals surface area contributed by atoms with Gasteiger partial charge in [0, 0.05) is 46.0 Å². The average Bonchev–Trinajstić information content (AvgIpc) is 3.08. The minimum Gasteiger partial charge on any atom is -0.364 e. The first kappa shape index (κ1) is 16.4.